The van der Waals surface area contributed by atoms with Crippen LogP contribution >= 0.6 is 11.3 Å². The minimum atomic E-state index is -0.372. The van der Waals surface area contributed by atoms with Gasteiger partial charge in [0.15, 0.2) is 0 Å². The molecule has 90 valence electrons. The molecule has 0 saturated carbocycles. The lowest BCUT2D eigenvalue weighted by Gasteiger charge is -2.09. The molecule has 1 aromatic rings. The predicted molar refractivity (Wildman–Crippen MR) is 63.5 cm³/mol. The fourth-order valence-electron chi connectivity index (χ4n) is 1.34. The molecule has 0 aliphatic carbocycles. The molecule has 1 heterocycles. The summed E-state index contributed by atoms with van der Waals surface area (Å²) in [7, 11) is 0. The first-order valence-electron chi connectivity index (χ1n) is 5.17. The molecule has 0 spiro atoms. The first-order valence-corrected chi connectivity index (χ1v) is 6.04. The van der Waals surface area contributed by atoms with Crippen molar-refractivity contribution in [3.8, 4) is 0 Å². The molecular formula is C10H16N2O3S. The van der Waals surface area contributed by atoms with Gasteiger partial charge in [0.1, 0.15) is 0 Å². The van der Waals surface area contributed by atoms with E-state index in [0.717, 1.165) is 29.9 Å². The van der Waals surface area contributed by atoms with E-state index < -0.39 is 0 Å². The molecule has 1 rings (SSSR count). The van der Waals surface area contributed by atoms with E-state index in [2.05, 4.69) is 12.2 Å². The Morgan fingerprint density at radius 3 is 3.00 bits per heavy atom. The molecule has 0 bridgehead atoms. The summed E-state index contributed by atoms with van der Waals surface area (Å²) >= 11 is 1.15. The molecule has 0 aliphatic rings. The van der Waals surface area contributed by atoms with E-state index in [-0.39, 0.29) is 16.5 Å². The van der Waals surface area contributed by atoms with Crippen LogP contribution in [0.4, 0.5) is 5.00 Å². The molecule has 0 fully saturated rings. The Morgan fingerprint density at radius 1 is 1.69 bits per heavy atom. The first-order chi connectivity index (χ1) is 7.63. The average molecular weight is 244 g/mol. The van der Waals surface area contributed by atoms with E-state index in [1.54, 1.807) is 11.4 Å². The van der Waals surface area contributed by atoms with Gasteiger partial charge in [-0.2, -0.15) is 0 Å². The lowest BCUT2D eigenvalue weighted by Crippen LogP contribution is -2.21. The summed E-state index contributed by atoms with van der Waals surface area (Å²) < 4.78 is 0. The summed E-state index contributed by atoms with van der Waals surface area (Å²) in [5, 5.41) is 24.4. The monoisotopic (exact) mass is 244 g/mol. The van der Waals surface area contributed by atoms with Gasteiger partial charge in [0.2, 0.25) is 0 Å². The Morgan fingerprint density at radius 2 is 2.44 bits per heavy atom. The number of nitro groups is 1. The van der Waals surface area contributed by atoms with Crippen molar-refractivity contribution in [2.24, 2.45) is 5.92 Å². The summed E-state index contributed by atoms with van der Waals surface area (Å²) in [5.41, 5.74) is 0.938. The Labute approximate surface area is 98.3 Å². The van der Waals surface area contributed by atoms with Gasteiger partial charge in [-0.05, 0) is 24.4 Å². The number of nitrogens with zero attached hydrogens (tertiary/aromatic N) is 1. The van der Waals surface area contributed by atoms with Crippen LogP contribution in [0, 0.1) is 16.0 Å². The van der Waals surface area contributed by atoms with Gasteiger partial charge in [-0.25, -0.2) is 0 Å². The molecule has 0 aromatic carbocycles. The zero-order valence-corrected chi connectivity index (χ0v) is 10.00. The van der Waals surface area contributed by atoms with Gasteiger partial charge >= 0.3 is 5.00 Å². The first kappa shape index (κ1) is 13.1. The molecule has 0 aliphatic heterocycles. The third-order valence-corrected chi connectivity index (χ3v) is 3.19. The van der Waals surface area contributed by atoms with Crippen molar-refractivity contribution in [3.63, 3.8) is 0 Å². The zero-order chi connectivity index (χ0) is 12.0. The van der Waals surface area contributed by atoms with Crippen molar-refractivity contribution in [1.29, 1.82) is 0 Å². The van der Waals surface area contributed by atoms with E-state index in [4.69, 9.17) is 5.11 Å². The highest BCUT2D eigenvalue weighted by molar-refractivity contribution is 7.13. The Bertz CT molecular complexity index is 341. The molecule has 5 nitrogen and oxygen atoms in total. The minimum Gasteiger partial charge on any atom is -0.396 e. The fourth-order valence-corrected chi connectivity index (χ4v) is 2.07. The maximum atomic E-state index is 10.4. The van der Waals surface area contributed by atoms with Gasteiger partial charge in [-0.1, -0.05) is 18.3 Å². The quantitative estimate of drug-likeness (QED) is 0.566. The number of hydrogen-bond donors (Lipinski definition) is 2. The Balaban J connectivity index is 2.29. The normalized spacial score (nSPS) is 12.6. The fraction of sp³-hybridized carbons (Fsp3) is 0.600. The molecule has 6 heteroatoms. The maximum absolute atomic E-state index is 10.4. The second-order valence-electron chi connectivity index (χ2n) is 3.80. The molecule has 1 unspecified atom stereocenters. The maximum Gasteiger partial charge on any atom is 0.324 e. The summed E-state index contributed by atoms with van der Waals surface area (Å²) in [6.07, 6.45) is 0.775. The van der Waals surface area contributed by atoms with Crippen LogP contribution in [0.2, 0.25) is 0 Å². The van der Waals surface area contributed by atoms with Crippen LogP contribution in [-0.4, -0.2) is 23.2 Å². The number of rotatable bonds is 7. The average Bonchev–Trinajstić information content (AvgIpc) is 2.67. The summed E-state index contributed by atoms with van der Waals surface area (Å²) in [4.78, 5) is 10.1. The van der Waals surface area contributed by atoms with Crippen molar-refractivity contribution in [2.75, 3.05) is 13.2 Å². The van der Waals surface area contributed by atoms with Crippen LogP contribution < -0.4 is 5.32 Å². The van der Waals surface area contributed by atoms with Gasteiger partial charge in [-0.15, -0.1) is 0 Å². The van der Waals surface area contributed by atoms with E-state index in [1.807, 2.05) is 0 Å². The van der Waals surface area contributed by atoms with E-state index in [0.29, 0.717) is 12.5 Å². The molecule has 0 radical (unpaired) electrons. The second kappa shape index (κ2) is 6.57. The number of aliphatic hydroxyl groups excluding tert-OH is 1. The van der Waals surface area contributed by atoms with Crippen LogP contribution in [-0.2, 0) is 6.54 Å². The lowest BCUT2D eigenvalue weighted by atomic mass is 10.1. The molecule has 0 amide bonds. The smallest absolute Gasteiger partial charge is 0.324 e. The molecule has 0 saturated heterocycles. The van der Waals surface area contributed by atoms with Crippen molar-refractivity contribution < 1.29 is 10.0 Å². The molecule has 16 heavy (non-hydrogen) atoms. The van der Waals surface area contributed by atoms with E-state index in [9.17, 15) is 10.1 Å². The van der Waals surface area contributed by atoms with Gasteiger partial charge in [0.25, 0.3) is 0 Å². The standard InChI is InChI=1S/C10H16N2O3S/c1-8(2-3-13)5-11-6-9-4-10(12(14)15)16-7-9/h4,7-8,11,13H,2-3,5-6H2,1H3. The SMILES string of the molecule is CC(CCO)CNCc1csc([N+](=O)[O-])c1. The molecule has 1 aromatic heterocycles. The summed E-state index contributed by atoms with van der Waals surface area (Å²) in [5.74, 6) is 0.415. The second-order valence-corrected chi connectivity index (χ2v) is 4.69. The summed E-state index contributed by atoms with van der Waals surface area (Å²) in [6, 6.07) is 1.59. The molecule has 1 atom stereocenters. The number of aliphatic hydroxyl groups is 1. The highest BCUT2D eigenvalue weighted by Crippen LogP contribution is 2.22. The number of hydrogen-bond acceptors (Lipinski definition) is 5. The zero-order valence-electron chi connectivity index (χ0n) is 9.18. The topological polar surface area (TPSA) is 75.4 Å². The van der Waals surface area contributed by atoms with Gasteiger partial charge < -0.3 is 10.4 Å². The van der Waals surface area contributed by atoms with Gasteiger partial charge in [0.05, 0.1) is 4.92 Å². The van der Waals surface area contributed by atoms with Crippen molar-refractivity contribution in [3.05, 3.63) is 27.1 Å². The van der Waals surface area contributed by atoms with E-state index in [1.165, 1.54) is 0 Å². The van der Waals surface area contributed by atoms with Crippen molar-refractivity contribution in [2.45, 2.75) is 19.9 Å². The van der Waals surface area contributed by atoms with Crippen LogP contribution in [0.15, 0.2) is 11.4 Å². The van der Waals surface area contributed by atoms with Crippen LogP contribution in [0.25, 0.3) is 0 Å². The minimum absolute atomic E-state index is 0.181. The molecular weight excluding hydrogens is 228 g/mol. The predicted octanol–water partition coefficient (Wildman–Crippen LogP) is 1.76. The highest BCUT2D eigenvalue weighted by atomic mass is 32.1. The summed E-state index contributed by atoms with van der Waals surface area (Å²) in [6.45, 7) is 3.70. The van der Waals surface area contributed by atoms with Crippen LogP contribution in [0.1, 0.15) is 18.9 Å². The van der Waals surface area contributed by atoms with Gasteiger partial charge in [-0.3, -0.25) is 10.1 Å². The van der Waals surface area contributed by atoms with Crippen LogP contribution in [0.5, 0.6) is 0 Å². The lowest BCUT2D eigenvalue weighted by molar-refractivity contribution is -0.380. The largest absolute Gasteiger partial charge is 0.396 e. The van der Waals surface area contributed by atoms with Crippen LogP contribution in [0.3, 0.4) is 0 Å². The van der Waals surface area contributed by atoms with Gasteiger partial charge in [0, 0.05) is 24.6 Å². The third-order valence-electron chi connectivity index (χ3n) is 2.26. The highest BCUT2D eigenvalue weighted by Gasteiger charge is 2.09. The number of nitrogens with one attached hydrogen (secondary N) is 1. The number of thiophene rings is 1. The Kier molecular flexibility index (Phi) is 5.37. The Hall–Kier alpha value is -0.980. The van der Waals surface area contributed by atoms with E-state index >= 15 is 0 Å². The molecule has 2 N–H and O–H groups in total. The third kappa shape index (κ3) is 4.26. The van der Waals surface area contributed by atoms with Crippen molar-refractivity contribution >= 4 is 16.3 Å². The van der Waals surface area contributed by atoms with Crippen molar-refractivity contribution in [1.82, 2.24) is 5.32 Å².